The zero-order valence-corrected chi connectivity index (χ0v) is 14.4. The number of hydrogen-bond donors (Lipinski definition) is 2. The summed E-state index contributed by atoms with van der Waals surface area (Å²) in [5.41, 5.74) is 1.06. The summed E-state index contributed by atoms with van der Waals surface area (Å²) in [6, 6.07) is 5.06. The van der Waals surface area contributed by atoms with E-state index in [9.17, 15) is 9.90 Å². The molecule has 0 aromatic heterocycles. The van der Waals surface area contributed by atoms with Crippen molar-refractivity contribution in [3.63, 3.8) is 0 Å². The molecule has 130 valence electrons. The van der Waals surface area contributed by atoms with Crippen LogP contribution in [0.15, 0.2) is 55.2 Å². The van der Waals surface area contributed by atoms with Gasteiger partial charge in [-0.2, -0.15) is 0 Å². The Morgan fingerprint density at radius 2 is 1.92 bits per heavy atom. The fourth-order valence-electron chi connectivity index (χ4n) is 2.51. The lowest BCUT2D eigenvalue weighted by molar-refractivity contribution is 0.0900. The van der Waals surface area contributed by atoms with Gasteiger partial charge in [0.15, 0.2) is 5.78 Å². The molecule has 0 saturated carbocycles. The van der Waals surface area contributed by atoms with Gasteiger partial charge in [0.05, 0.1) is 5.56 Å². The number of Topliss-reactive ketones (excluding diaryl/α,β-unsaturated/α-hetero) is 1. The Hall–Kier alpha value is -2.13. The van der Waals surface area contributed by atoms with Crippen LogP contribution < -0.4 is 0 Å². The summed E-state index contributed by atoms with van der Waals surface area (Å²) in [5, 5.41) is 18.9. The summed E-state index contributed by atoms with van der Waals surface area (Å²) in [4.78, 5) is 11.8. The van der Waals surface area contributed by atoms with Crippen LogP contribution in [0.3, 0.4) is 0 Å². The fraction of sp³-hybridized carbons (Fsp3) is 0.381. The first-order chi connectivity index (χ1) is 11.6. The quantitative estimate of drug-likeness (QED) is 0.461. The molecule has 1 aromatic rings. The topological polar surface area (TPSA) is 57.5 Å². The number of allylic oxidation sites excluding steroid dienone is 5. The van der Waals surface area contributed by atoms with Crippen LogP contribution in [0.4, 0.5) is 0 Å². The Labute approximate surface area is 145 Å². The number of phenols is 1. The highest BCUT2D eigenvalue weighted by Crippen LogP contribution is 2.24. The van der Waals surface area contributed by atoms with Crippen LogP contribution in [-0.4, -0.2) is 22.6 Å². The van der Waals surface area contributed by atoms with E-state index in [0.717, 1.165) is 31.2 Å². The summed E-state index contributed by atoms with van der Waals surface area (Å²) >= 11 is 0. The molecule has 0 amide bonds. The molecule has 3 heteroatoms. The number of ketones is 1. The van der Waals surface area contributed by atoms with E-state index in [-0.39, 0.29) is 11.3 Å². The van der Waals surface area contributed by atoms with Gasteiger partial charge in [0, 0.05) is 0 Å². The Morgan fingerprint density at radius 3 is 2.62 bits per heavy atom. The number of rotatable bonds is 11. The molecule has 1 aromatic carbocycles. The van der Waals surface area contributed by atoms with Crippen molar-refractivity contribution in [2.24, 2.45) is 5.92 Å². The molecule has 1 atom stereocenters. The number of benzene rings is 1. The number of carbonyl (C=O) groups excluding carboxylic acids is 1. The number of phenolic OH excluding ortho intramolecular Hbond substituents is 1. The van der Waals surface area contributed by atoms with Crippen LogP contribution in [0.1, 0.15) is 48.5 Å². The molecule has 1 rings (SSSR count). The number of aromatic hydroxyl groups is 1. The highest BCUT2D eigenvalue weighted by molar-refractivity contribution is 6.00. The average Bonchev–Trinajstić information content (AvgIpc) is 2.58. The largest absolute Gasteiger partial charge is 0.507 e. The summed E-state index contributed by atoms with van der Waals surface area (Å²) in [7, 11) is 0. The molecular weight excluding hydrogens is 300 g/mol. The molecule has 0 aliphatic heterocycles. The number of carbonyl (C=O) groups is 1. The molecule has 0 unspecified atom stereocenters. The Morgan fingerprint density at radius 1 is 1.21 bits per heavy atom. The third kappa shape index (κ3) is 6.97. The van der Waals surface area contributed by atoms with E-state index in [0.29, 0.717) is 12.3 Å². The lowest BCUT2D eigenvalue weighted by Crippen LogP contribution is -2.09. The molecule has 0 radical (unpaired) electrons. The van der Waals surface area contributed by atoms with Crippen molar-refractivity contribution in [1.82, 2.24) is 0 Å². The first-order valence-electron chi connectivity index (χ1n) is 8.46. The molecule has 24 heavy (non-hydrogen) atoms. The van der Waals surface area contributed by atoms with Crippen LogP contribution in [0.5, 0.6) is 5.75 Å². The van der Waals surface area contributed by atoms with Crippen molar-refractivity contribution in [2.45, 2.75) is 39.0 Å². The van der Waals surface area contributed by atoms with Gasteiger partial charge in [0.25, 0.3) is 0 Å². The second-order valence-electron chi connectivity index (χ2n) is 5.97. The van der Waals surface area contributed by atoms with Crippen LogP contribution in [0.2, 0.25) is 0 Å². The number of aryl methyl sites for hydroxylation is 1. The predicted molar refractivity (Wildman–Crippen MR) is 99.3 cm³/mol. The number of hydrogen-bond acceptors (Lipinski definition) is 3. The molecule has 0 aliphatic carbocycles. The Balaban J connectivity index is 2.49. The minimum absolute atomic E-state index is 0.0505. The highest BCUT2D eigenvalue weighted by Gasteiger charge is 2.15. The van der Waals surface area contributed by atoms with Gasteiger partial charge in [-0.1, -0.05) is 49.4 Å². The maximum Gasteiger partial charge on any atom is 0.192 e. The van der Waals surface area contributed by atoms with E-state index in [1.54, 1.807) is 6.07 Å². The highest BCUT2D eigenvalue weighted by atomic mass is 16.3. The van der Waals surface area contributed by atoms with Gasteiger partial charge in [0.1, 0.15) is 12.4 Å². The molecule has 0 heterocycles. The zero-order chi connectivity index (χ0) is 17.8. The standard InChI is InChI=1S/C21H28O3/c1-3-4-5-6-7-8-9-11-17(2)14-15-18-12-10-13-19(23)21(18)20(24)16-22/h3,5-6,8-10,12-13,17,22-23H,1,4,7,11,14-16H2,2H3/b6-5-,9-8-/t17-/m1/s1. The van der Waals surface area contributed by atoms with Crippen LogP contribution >= 0.6 is 0 Å². The summed E-state index contributed by atoms with van der Waals surface area (Å²) in [6.45, 7) is 5.26. The first-order valence-corrected chi connectivity index (χ1v) is 8.46. The maximum atomic E-state index is 11.8. The van der Waals surface area contributed by atoms with Gasteiger partial charge in [-0.15, -0.1) is 6.58 Å². The Bertz CT molecular complexity index is 585. The van der Waals surface area contributed by atoms with Crippen molar-refractivity contribution < 1.29 is 15.0 Å². The zero-order valence-electron chi connectivity index (χ0n) is 14.4. The molecule has 0 fully saturated rings. The fourth-order valence-corrected chi connectivity index (χ4v) is 2.51. The maximum absolute atomic E-state index is 11.8. The van der Waals surface area contributed by atoms with E-state index in [1.807, 2.05) is 12.1 Å². The van der Waals surface area contributed by atoms with Gasteiger partial charge in [-0.05, 0) is 49.7 Å². The van der Waals surface area contributed by atoms with Crippen LogP contribution in [0, 0.1) is 5.92 Å². The van der Waals surface area contributed by atoms with Gasteiger partial charge < -0.3 is 10.2 Å². The van der Waals surface area contributed by atoms with Gasteiger partial charge in [-0.25, -0.2) is 0 Å². The van der Waals surface area contributed by atoms with E-state index in [2.05, 4.69) is 37.8 Å². The van der Waals surface area contributed by atoms with Crippen molar-refractivity contribution in [3.05, 3.63) is 66.3 Å². The molecule has 2 N–H and O–H groups in total. The molecule has 0 aliphatic rings. The van der Waals surface area contributed by atoms with Gasteiger partial charge in [-0.3, -0.25) is 4.79 Å². The van der Waals surface area contributed by atoms with Gasteiger partial charge >= 0.3 is 0 Å². The van der Waals surface area contributed by atoms with Crippen molar-refractivity contribution in [2.75, 3.05) is 6.61 Å². The van der Waals surface area contributed by atoms with Crippen molar-refractivity contribution in [1.29, 1.82) is 0 Å². The molecule has 0 spiro atoms. The second-order valence-corrected chi connectivity index (χ2v) is 5.97. The average molecular weight is 328 g/mol. The number of aliphatic hydroxyl groups excluding tert-OH is 1. The second kappa shape index (κ2) is 11.4. The van der Waals surface area contributed by atoms with E-state index < -0.39 is 12.4 Å². The molecule has 3 nitrogen and oxygen atoms in total. The van der Waals surface area contributed by atoms with Crippen molar-refractivity contribution >= 4 is 5.78 Å². The SMILES string of the molecule is C=CC/C=C\C/C=C\C[C@@H](C)CCc1cccc(O)c1C(=O)CO. The summed E-state index contributed by atoms with van der Waals surface area (Å²) < 4.78 is 0. The molecule has 0 saturated heterocycles. The smallest absolute Gasteiger partial charge is 0.192 e. The minimum Gasteiger partial charge on any atom is -0.507 e. The number of aliphatic hydroxyl groups is 1. The summed E-state index contributed by atoms with van der Waals surface area (Å²) in [6.07, 6.45) is 14.9. The van der Waals surface area contributed by atoms with Crippen LogP contribution in [0.25, 0.3) is 0 Å². The summed E-state index contributed by atoms with van der Waals surface area (Å²) in [5.74, 6) is 0.00482. The third-order valence-corrected chi connectivity index (χ3v) is 3.90. The minimum atomic E-state index is -0.581. The lowest BCUT2D eigenvalue weighted by atomic mass is 9.93. The van der Waals surface area contributed by atoms with E-state index in [4.69, 9.17) is 5.11 Å². The molecular formula is C21H28O3. The lowest BCUT2D eigenvalue weighted by Gasteiger charge is -2.12. The predicted octanol–water partition coefficient (Wildman–Crippen LogP) is 4.60. The van der Waals surface area contributed by atoms with E-state index >= 15 is 0 Å². The molecule has 0 bridgehead atoms. The van der Waals surface area contributed by atoms with E-state index in [1.165, 1.54) is 6.07 Å². The first kappa shape index (κ1) is 19.9. The third-order valence-electron chi connectivity index (χ3n) is 3.90. The monoisotopic (exact) mass is 328 g/mol. The normalized spacial score (nSPS) is 12.8. The van der Waals surface area contributed by atoms with Crippen LogP contribution in [-0.2, 0) is 6.42 Å². The Kier molecular flexibility index (Phi) is 9.47. The van der Waals surface area contributed by atoms with Crippen molar-refractivity contribution in [3.8, 4) is 5.75 Å². The van der Waals surface area contributed by atoms with Gasteiger partial charge in [0.2, 0.25) is 0 Å².